The number of halogens is 1. The van der Waals surface area contributed by atoms with Gasteiger partial charge in [-0.15, -0.1) is 0 Å². The summed E-state index contributed by atoms with van der Waals surface area (Å²) in [5, 5.41) is 3.68. The lowest BCUT2D eigenvalue weighted by atomic mass is 10.1. The molecule has 0 aliphatic heterocycles. The van der Waals surface area contributed by atoms with Crippen LogP contribution in [0.2, 0.25) is 5.02 Å². The first kappa shape index (κ1) is 13.2. The average Bonchev–Trinajstić information content (AvgIpc) is 2.89. The summed E-state index contributed by atoms with van der Waals surface area (Å²) < 4.78 is 10.7. The van der Waals surface area contributed by atoms with Gasteiger partial charge in [-0.1, -0.05) is 17.7 Å². The van der Waals surface area contributed by atoms with E-state index in [0.29, 0.717) is 16.5 Å². The maximum atomic E-state index is 6.34. The van der Waals surface area contributed by atoms with Gasteiger partial charge in [-0.3, -0.25) is 0 Å². The Kier molecular flexibility index (Phi) is 2.87. The van der Waals surface area contributed by atoms with Crippen LogP contribution < -0.4 is 9.47 Å². The lowest BCUT2D eigenvalue weighted by molar-refractivity contribution is 0.356. The number of ether oxygens (including phenoxy) is 2. The number of nitrogens with one attached hydrogen (secondary N) is 1. The Morgan fingerprint density at radius 3 is 2.59 bits per heavy atom. The maximum Gasteiger partial charge on any atom is 0.162 e. The van der Waals surface area contributed by atoms with Crippen LogP contribution in [0.5, 0.6) is 11.5 Å². The maximum absolute atomic E-state index is 6.34. The number of aromatic nitrogens is 2. The Morgan fingerprint density at radius 1 is 1.05 bits per heavy atom. The van der Waals surface area contributed by atoms with Gasteiger partial charge in [0.05, 0.1) is 24.8 Å². The normalized spacial score (nSPS) is 11.4. The molecule has 4 nitrogen and oxygen atoms in total. The van der Waals surface area contributed by atoms with Gasteiger partial charge in [0.1, 0.15) is 5.65 Å². The van der Waals surface area contributed by atoms with Gasteiger partial charge in [0, 0.05) is 27.7 Å². The van der Waals surface area contributed by atoms with Gasteiger partial charge >= 0.3 is 0 Å². The summed E-state index contributed by atoms with van der Waals surface area (Å²) in [7, 11) is 3.24. The molecule has 2 heterocycles. The summed E-state index contributed by atoms with van der Waals surface area (Å²) in [6, 6.07) is 11.7. The first-order chi connectivity index (χ1) is 10.7. The number of hydrogen-bond donors (Lipinski definition) is 1. The monoisotopic (exact) mass is 312 g/mol. The third-order valence-electron chi connectivity index (χ3n) is 3.86. The van der Waals surface area contributed by atoms with E-state index in [9.17, 15) is 0 Å². The van der Waals surface area contributed by atoms with E-state index in [1.807, 2.05) is 30.3 Å². The van der Waals surface area contributed by atoms with Crippen molar-refractivity contribution in [1.29, 1.82) is 0 Å². The van der Waals surface area contributed by atoms with Crippen LogP contribution in [0.25, 0.3) is 32.8 Å². The summed E-state index contributed by atoms with van der Waals surface area (Å²) in [5.41, 5.74) is 2.62. The number of fused-ring (bicyclic) bond motifs is 4. The van der Waals surface area contributed by atoms with Crippen molar-refractivity contribution in [2.75, 3.05) is 14.2 Å². The van der Waals surface area contributed by atoms with Gasteiger partial charge in [-0.25, -0.2) is 4.98 Å². The molecule has 0 saturated heterocycles. The van der Waals surface area contributed by atoms with Crippen LogP contribution in [0, 0.1) is 0 Å². The van der Waals surface area contributed by atoms with Crippen molar-refractivity contribution in [2.24, 2.45) is 0 Å². The lowest BCUT2D eigenvalue weighted by Crippen LogP contribution is -1.91. The highest BCUT2D eigenvalue weighted by molar-refractivity contribution is 6.38. The molecule has 2 aromatic heterocycles. The van der Waals surface area contributed by atoms with Crippen molar-refractivity contribution >= 4 is 44.4 Å². The van der Waals surface area contributed by atoms with E-state index in [-0.39, 0.29) is 0 Å². The lowest BCUT2D eigenvalue weighted by Gasteiger charge is -2.08. The fourth-order valence-corrected chi connectivity index (χ4v) is 3.09. The van der Waals surface area contributed by atoms with E-state index >= 15 is 0 Å². The average molecular weight is 313 g/mol. The van der Waals surface area contributed by atoms with Crippen LogP contribution in [0.4, 0.5) is 0 Å². The van der Waals surface area contributed by atoms with Crippen molar-refractivity contribution in [3.05, 3.63) is 41.4 Å². The Balaban J connectivity index is 2.13. The molecule has 0 aliphatic rings. The molecular weight excluding hydrogens is 300 g/mol. The van der Waals surface area contributed by atoms with Gasteiger partial charge < -0.3 is 14.5 Å². The fourth-order valence-electron chi connectivity index (χ4n) is 2.82. The van der Waals surface area contributed by atoms with Gasteiger partial charge in [0.25, 0.3) is 0 Å². The molecule has 4 rings (SSSR count). The molecule has 0 unspecified atom stereocenters. The smallest absolute Gasteiger partial charge is 0.162 e. The zero-order valence-corrected chi connectivity index (χ0v) is 12.9. The number of pyridine rings is 1. The largest absolute Gasteiger partial charge is 0.493 e. The van der Waals surface area contributed by atoms with E-state index in [2.05, 4.69) is 11.1 Å². The van der Waals surface area contributed by atoms with Crippen molar-refractivity contribution in [1.82, 2.24) is 9.97 Å². The highest BCUT2D eigenvalue weighted by atomic mass is 35.5. The first-order valence-electron chi connectivity index (χ1n) is 6.84. The molecule has 0 amide bonds. The zero-order chi connectivity index (χ0) is 15.3. The van der Waals surface area contributed by atoms with Crippen molar-refractivity contribution < 1.29 is 9.47 Å². The number of hydrogen-bond acceptors (Lipinski definition) is 3. The number of methoxy groups -OCH3 is 2. The van der Waals surface area contributed by atoms with Crippen molar-refractivity contribution in [3.63, 3.8) is 0 Å². The Labute approximate surface area is 131 Å². The molecule has 2 aromatic carbocycles. The van der Waals surface area contributed by atoms with Crippen LogP contribution >= 0.6 is 11.6 Å². The zero-order valence-electron chi connectivity index (χ0n) is 12.1. The predicted molar refractivity (Wildman–Crippen MR) is 89.2 cm³/mol. The molecule has 110 valence electrons. The Bertz CT molecular complexity index is 1020. The summed E-state index contributed by atoms with van der Waals surface area (Å²) in [6.45, 7) is 0. The van der Waals surface area contributed by atoms with Gasteiger partial charge in [-0.2, -0.15) is 0 Å². The van der Waals surface area contributed by atoms with Crippen molar-refractivity contribution in [3.8, 4) is 11.5 Å². The summed E-state index contributed by atoms with van der Waals surface area (Å²) in [5.74, 6) is 1.35. The molecule has 1 N–H and O–H groups in total. The molecule has 4 aromatic rings. The Hall–Kier alpha value is -2.46. The predicted octanol–water partition coefficient (Wildman–Crippen LogP) is 4.54. The minimum atomic E-state index is 0.663. The molecule has 0 bridgehead atoms. The number of benzene rings is 2. The SMILES string of the molecule is COc1cc2cc3c(nc2cc1OC)[nH]c1cccc(Cl)c13. The standard InChI is InChI=1S/C17H13ClN2O2/c1-21-14-7-9-6-10-16-11(18)4-3-5-12(16)19-17(10)20-13(9)8-15(14)22-2/h3-8H,1-2H3,(H,19,20). The van der Waals surface area contributed by atoms with E-state index in [0.717, 1.165) is 32.8 Å². The third-order valence-corrected chi connectivity index (χ3v) is 4.17. The minimum Gasteiger partial charge on any atom is -0.493 e. The van der Waals surface area contributed by atoms with E-state index in [1.165, 1.54) is 0 Å². The molecule has 0 saturated carbocycles. The molecule has 0 atom stereocenters. The molecule has 22 heavy (non-hydrogen) atoms. The number of rotatable bonds is 2. The third kappa shape index (κ3) is 1.81. The van der Waals surface area contributed by atoms with Crippen LogP contribution in [-0.2, 0) is 0 Å². The van der Waals surface area contributed by atoms with E-state index in [1.54, 1.807) is 14.2 Å². The van der Waals surface area contributed by atoms with Gasteiger partial charge in [-0.05, 0) is 24.3 Å². The second-order valence-electron chi connectivity index (χ2n) is 5.07. The van der Waals surface area contributed by atoms with Crippen LogP contribution in [0.3, 0.4) is 0 Å². The number of aromatic amines is 1. The summed E-state index contributed by atoms with van der Waals surface area (Å²) >= 11 is 6.34. The Morgan fingerprint density at radius 2 is 1.82 bits per heavy atom. The number of nitrogens with zero attached hydrogens (tertiary/aromatic N) is 1. The summed E-state index contributed by atoms with van der Waals surface area (Å²) in [6.07, 6.45) is 0. The van der Waals surface area contributed by atoms with E-state index in [4.69, 9.17) is 26.1 Å². The van der Waals surface area contributed by atoms with Crippen LogP contribution in [-0.4, -0.2) is 24.2 Å². The second kappa shape index (κ2) is 4.78. The number of H-pyrrole nitrogens is 1. The molecular formula is C17H13ClN2O2. The van der Waals surface area contributed by atoms with Crippen molar-refractivity contribution in [2.45, 2.75) is 0 Å². The van der Waals surface area contributed by atoms with Gasteiger partial charge in [0.15, 0.2) is 11.5 Å². The topological polar surface area (TPSA) is 47.1 Å². The van der Waals surface area contributed by atoms with Gasteiger partial charge in [0.2, 0.25) is 0 Å². The fraction of sp³-hybridized carbons (Fsp3) is 0.118. The highest BCUT2D eigenvalue weighted by Gasteiger charge is 2.12. The highest BCUT2D eigenvalue weighted by Crippen LogP contribution is 2.36. The molecule has 0 radical (unpaired) electrons. The van der Waals surface area contributed by atoms with Crippen LogP contribution in [0.1, 0.15) is 0 Å². The summed E-state index contributed by atoms with van der Waals surface area (Å²) in [4.78, 5) is 8.00. The quantitative estimate of drug-likeness (QED) is 0.591. The van der Waals surface area contributed by atoms with Crippen LogP contribution in [0.15, 0.2) is 36.4 Å². The first-order valence-corrected chi connectivity index (χ1v) is 7.21. The molecule has 5 heteroatoms. The molecule has 0 spiro atoms. The van der Waals surface area contributed by atoms with E-state index < -0.39 is 0 Å². The second-order valence-corrected chi connectivity index (χ2v) is 5.48. The minimum absolute atomic E-state index is 0.663. The molecule has 0 fully saturated rings. The molecule has 0 aliphatic carbocycles.